The Morgan fingerprint density at radius 3 is 2.50 bits per heavy atom. The molecule has 3 nitrogen and oxygen atoms in total. The quantitative estimate of drug-likeness (QED) is 0.896. The summed E-state index contributed by atoms with van der Waals surface area (Å²) in [4.78, 5) is 11.4. The molecule has 0 bridgehead atoms. The first-order valence-electron chi connectivity index (χ1n) is 6.10. The lowest BCUT2D eigenvalue weighted by Crippen LogP contribution is -2.17. The average molecular weight is 337 g/mol. The highest BCUT2D eigenvalue weighted by atomic mass is 79.9. The van der Waals surface area contributed by atoms with Crippen LogP contribution in [0, 0.1) is 5.82 Å². The maximum atomic E-state index is 13.4. The largest absolute Gasteiger partial charge is 0.381 e. The summed E-state index contributed by atoms with van der Waals surface area (Å²) in [5.41, 5.74) is 2.34. The van der Waals surface area contributed by atoms with Crippen LogP contribution < -0.4 is 10.6 Å². The first-order chi connectivity index (χ1) is 9.60. The molecule has 2 rings (SSSR count). The number of anilines is 1. The molecule has 0 spiro atoms. The summed E-state index contributed by atoms with van der Waals surface area (Å²) in [5, 5.41) is 5.70. The molecule has 0 aliphatic heterocycles. The maximum Gasteiger partial charge on any atom is 0.251 e. The Morgan fingerprint density at radius 1 is 1.20 bits per heavy atom. The molecule has 0 aliphatic rings. The minimum absolute atomic E-state index is 0.112. The number of hydrogen-bond acceptors (Lipinski definition) is 2. The minimum Gasteiger partial charge on any atom is -0.381 e. The number of amides is 1. The number of halogens is 2. The van der Waals surface area contributed by atoms with Crippen LogP contribution in [-0.4, -0.2) is 13.0 Å². The van der Waals surface area contributed by atoms with Crippen molar-refractivity contribution < 1.29 is 9.18 Å². The summed E-state index contributed by atoms with van der Waals surface area (Å²) >= 11 is 3.11. The average Bonchev–Trinajstić information content (AvgIpc) is 2.48. The van der Waals surface area contributed by atoms with E-state index in [1.165, 1.54) is 6.07 Å². The highest BCUT2D eigenvalue weighted by Gasteiger charge is 2.03. The number of carbonyl (C=O) groups is 1. The molecule has 20 heavy (non-hydrogen) atoms. The van der Waals surface area contributed by atoms with E-state index < -0.39 is 0 Å². The molecule has 0 heterocycles. The Balaban J connectivity index is 2.00. The van der Waals surface area contributed by atoms with Crippen molar-refractivity contribution in [2.45, 2.75) is 6.54 Å². The molecule has 2 N–H and O–H groups in total. The van der Waals surface area contributed by atoms with E-state index in [1.54, 1.807) is 31.3 Å². The Morgan fingerprint density at radius 2 is 1.90 bits per heavy atom. The van der Waals surface area contributed by atoms with Crippen molar-refractivity contribution in [2.75, 3.05) is 12.4 Å². The topological polar surface area (TPSA) is 41.1 Å². The van der Waals surface area contributed by atoms with Crippen LogP contribution in [0.4, 0.5) is 10.1 Å². The van der Waals surface area contributed by atoms with Gasteiger partial charge in [-0.25, -0.2) is 4.39 Å². The van der Waals surface area contributed by atoms with Crippen molar-refractivity contribution in [1.82, 2.24) is 5.32 Å². The summed E-state index contributed by atoms with van der Waals surface area (Å²) in [5.74, 6) is -0.413. The van der Waals surface area contributed by atoms with Crippen molar-refractivity contribution in [1.29, 1.82) is 0 Å². The second-order valence-corrected chi connectivity index (χ2v) is 5.11. The second kappa shape index (κ2) is 6.52. The fourth-order valence-corrected chi connectivity index (χ4v) is 1.98. The highest BCUT2D eigenvalue weighted by molar-refractivity contribution is 9.10. The third kappa shape index (κ3) is 3.57. The molecule has 0 fully saturated rings. The van der Waals surface area contributed by atoms with Crippen LogP contribution in [0.5, 0.6) is 0 Å². The van der Waals surface area contributed by atoms with Crippen LogP contribution in [0.3, 0.4) is 0 Å². The van der Waals surface area contributed by atoms with E-state index in [2.05, 4.69) is 26.6 Å². The van der Waals surface area contributed by atoms with E-state index >= 15 is 0 Å². The summed E-state index contributed by atoms with van der Waals surface area (Å²) < 4.78 is 13.8. The summed E-state index contributed by atoms with van der Waals surface area (Å²) in [6.45, 7) is 0.565. The van der Waals surface area contributed by atoms with Gasteiger partial charge in [-0.3, -0.25) is 4.79 Å². The molecular weight excluding hydrogens is 323 g/mol. The van der Waals surface area contributed by atoms with Crippen molar-refractivity contribution >= 4 is 27.5 Å². The fourth-order valence-electron chi connectivity index (χ4n) is 1.73. The molecule has 2 aromatic carbocycles. The van der Waals surface area contributed by atoms with Crippen LogP contribution in [0.2, 0.25) is 0 Å². The van der Waals surface area contributed by atoms with Crippen LogP contribution in [0.25, 0.3) is 0 Å². The zero-order chi connectivity index (χ0) is 14.5. The van der Waals surface area contributed by atoms with E-state index in [0.29, 0.717) is 22.3 Å². The van der Waals surface area contributed by atoms with E-state index in [0.717, 1.165) is 5.56 Å². The summed E-state index contributed by atoms with van der Waals surface area (Å²) in [6.07, 6.45) is 0. The molecule has 0 saturated heterocycles. The molecular formula is C15H14BrFN2O. The Bertz CT molecular complexity index is 614. The van der Waals surface area contributed by atoms with Gasteiger partial charge in [0, 0.05) is 24.8 Å². The zero-order valence-corrected chi connectivity index (χ0v) is 12.5. The molecule has 0 aliphatic carbocycles. The normalized spacial score (nSPS) is 10.2. The number of hydrogen-bond donors (Lipinski definition) is 2. The molecule has 5 heteroatoms. The first-order valence-corrected chi connectivity index (χ1v) is 6.89. The van der Waals surface area contributed by atoms with Crippen LogP contribution in [-0.2, 0) is 6.54 Å². The first kappa shape index (κ1) is 14.5. The molecule has 2 aromatic rings. The van der Waals surface area contributed by atoms with E-state index in [1.807, 2.05) is 12.1 Å². The predicted molar refractivity (Wildman–Crippen MR) is 81.3 cm³/mol. The lowest BCUT2D eigenvalue weighted by Gasteiger charge is -2.08. The third-order valence-electron chi connectivity index (χ3n) is 2.86. The van der Waals surface area contributed by atoms with E-state index in [-0.39, 0.29) is 11.7 Å². The Hall–Kier alpha value is -1.88. The van der Waals surface area contributed by atoms with Crippen LogP contribution >= 0.6 is 15.9 Å². The predicted octanol–water partition coefficient (Wildman–Crippen LogP) is 3.56. The van der Waals surface area contributed by atoms with Gasteiger partial charge in [0.2, 0.25) is 0 Å². The maximum absolute atomic E-state index is 13.4. The number of nitrogens with one attached hydrogen (secondary N) is 2. The number of benzene rings is 2. The lowest BCUT2D eigenvalue weighted by atomic mass is 10.1. The highest BCUT2D eigenvalue weighted by Crippen LogP contribution is 2.19. The fraction of sp³-hybridized carbons (Fsp3) is 0.133. The van der Waals surface area contributed by atoms with E-state index in [9.17, 15) is 9.18 Å². The molecule has 0 aromatic heterocycles. The standard InChI is InChI=1S/C15H14BrFN2O/c1-18-15(20)11-4-2-10(3-5-11)9-19-12-6-7-13(16)14(17)8-12/h2-8,19H,9H2,1H3,(H,18,20). The minimum atomic E-state index is -0.301. The van der Waals surface area contributed by atoms with Gasteiger partial charge in [0.25, 0.3) is 5.91 Å². The van der Waals surface area contributed by atoms with Gasteiger partial charge in [-0.1, -0.05) is 12.1 Å². The van der Waals surface area contributed by atoms with Gasteiger partial charge in [-0.05, 0) is 51.8 Å². The van der Waals surface area contributed by atoms with Gasteiger partial charge < -0.3 is 10.6 Å². The van der Waals surface area contributed by atoms with Crippen molar-refractivity contribution in [2.24, 2.45) is 0 Å². The lowest BCUT2D eigenvalue weighted by molar-refractivity contribution is 0.0963. The van der Waals surface area contributed by atoms with Gasteiger partial charge in [0.1, 0.15) is 5.82 Å². The SMILES string of the molecule is CNC(=O)c1ccc(CNc2ccc(Br)c(F)c2)cc1. The van der Waals surface area contributed by atoms with Crippen LogP contribution in [0.1, 0.15) is 15.9 Å². The van der Waals surface area contributed by atoms with Gasteiger partial charge in [-0.15, -0.1) is 0 Å². The number of carbonyl (C=O) groups excluding carboxylic acids is 1. The van der Waals surface area contributed by atoms with Gasteiger partial charge >= 0.3 is 0 Å². The van der Waals surface area contributed by atoms with Crippen molar-refractivity contribution in [3.8, 4) is 0 Å². The molecule has 104 valence electrons. The van der Waals surface area contributed by atoms with Crippen LogP contribution in [0.15, 0.2) is 46.9 Å². The molecule has 0 radical (unpaired) electrons. The monoisotopic (exact) mass is 336 g/mol. The number of rotatable bonds is 4. The van der Waals surface area contributed by atoms with Gasteiger partial charge in [0.15, 0.2) is 0 Å². The van der Waals surface area contributed by atoms with Crippen molar-refractivity contribution in [3.05, 3.63) is 63.9 Å². The summed E-state index contributed by atoms with van der Waals surface area (Å²) in [6, 6.07) is 12.1. The second-order valence-electron chi connectivity index (χ2n) is 4.26. The third-order valence-corrected chi connectivity index (χ3v) is 3.50. The molecule has 1 amide bonds. The molecule has 0 unspecified atom stereocenters. The smallest absolute Gasteiger partial charge is 0.251 e. The van der Waals surface area contributed by atoms with Crippen molar-refractivity contribution in [3.63, 3.8) is 0 Å². The Kier molecular flexibility index (Phi) is 4.74. The molecule has 0 saturated carbocycles. The molecule has 0 atom stereocenters. The zero-order valence-electron chi connectivity index (χ0n) is 10.9. The van der Waals surface area contributed by atoms with Gasteiger partial charge in [-0.2, -0.15) is 0 Å². The Labute approximate surface area is 125 Å². The summed E-state index contributed by atoms with van der Waals surface area (Å²) in [7, 11) is 1.60. The van der Waals surface area contributed by atoms with Gasteiger partial charge in [0.05, 0.1) is 4.47 Å². The van der Waals surface area contributed by atoms with E-state index in [4.69, 9.17) is 0 Å².